The van der Waals surface area contributed by atoms with Crippen LogP contribution in [-0.4, -0.2) is 50.3 Å². The number of aromatic amines is 1. The van der Waals surface area contributed by atoms with Gasteiger partial charge in [-0.3, -0.25) is 4.79 Å². The van der Waals surface area contributed by atoms with Gasteiger partial charge in [0.1, 0.15) is 17.8 Å². The third kappa shape index (κ3) is 3.40. The normalized spacial score (nSPS) is 26.8. The van der Waals surface area contributed by atoms with E-state index in [0.29, 0.717) is 24.4 Å². The van der Waals surface area contributed by atoms with Gasteiger partial charge < -0.3 is 15.2 Å². The maximum atomic E-state index is 13.3. The Kier molecular flexibility index (Phi) is 4.36. The average molecular weight is 375 g/mol. The molecule has 1 aliphatic heterocycles. The van der Waals surface area contributed by atoms with E-state index >= 15 is 0 Å². The lowest BCUT2D eigenvalue weighted by Gasteiger charge is -2.38. The number of nitrogens with zero attached hydrogens (tertiary/aromatic N) is 3. The van der Waals surface area contributed by atoms with Crippen LogP contribution in [0.5, 0.6) is 0 Å². The zero-order valence-electron chi connectivity index (χ0n) is 15.2. The van der Waals surface area contributed by atoms with Gasteiger partial charge in [0.2, 0.25) is 5.91 Å². The van der Waals surface area contributed by atoms with Crippen molar-refractivity contribution in [2.24, 2.45) is 5.92 Å². The van der Waals surface area contributed by atoms with E-state index in [9.17, 15) is 13.6 Å². The van der Waals surface area contributed by atoms with E-state index in [-0.39, 0.29) is 24.4 Å². The smallest absolute Gasteiger partial charge is 0.251 e. The monoisotopic (exact) mass is 375 g/mol. The van der Waals surface area contributed by atoms with Crippen LogP contribution in [0.25, 0.3) is 11.0 Å². The Hall–Kier alpha value is -2.51. The van der Waals surface area contributed by atoms with Crippen molar-refractivity contribution in [3.8, 4) is 0 Å². The lowest BCUT2D eigenvalue weighted by Crippen LogP contribution is -2.49. The molecule has 1 saturated carbocycles. The number of anilines is 1. The van der Waals surface area contributed by atoms with Gasteiger partial charge in [0.05, 0.1) is 5.39 Å². The molecule has 0 bridgehead atoms. The molecule has 8 heteroatoms. The summed E-state index contributed by atoms with van der Waals surface area (Å²) in [4.78, 5) is 25.5. The van der Waals surface area contributed by atoms with Gasteiger partial charge >= 0.3 is 0 Å². The van der Waals surface area contributed by atoms with Gasteiger partial charge in [-0.15, -0.1) is 0 Å². The molecular weight excluding hydrogens is 352 g/mol. The van der Waals surface area contributed by atoms with Crippen molar-refractivity contribution in [2.75, 3.05) is 11.9 Å². The molecule has 2 aromatic heterocycles. The standard InChI is InChI=1S/C19H23F2N5O/c1-3-15(27)26-9-14(5-4-11(26)2)25-18-16-12(6-13-7-19(13,20)21)8-22-17(16)23-10-24-18/h3,8,10-11,13-14H,1,4-7,9H2,2H3,(H2,22,23,24,25)/t11-,13-,14+/m0/s1. The molecule has 1 amide bonds. The highest BCUT2D eigenvalue weighted by molar-refractivity contribution is 5.90. The third-order valence-corrected chi connectivity index (χ3v) is 5.65. The highest BCUT2D eigenvalue weighted by atomic mass is 19.3. The van der Waals surface area contributed by atoms with E-state index in [1.807, 2.05) is 6.92 Å². The number of carbonyl (C=O) groups excluding carboxylic acids is 1. The van der Waals surface area contributed by atoms with E-state index in [2.05, 4.69) is 26.8 Å². The molecular formula is C19H23F2N5O. The zero-order chi connectivity index (χ0) is 19.2. The number of fused-ring (bicyclic) bond motifs is 1. The summed E-state index contributed by atoms with van der Waals surface area (Å²) in [5.41, 5.74) is 1.44. The van der Waals surface area contributed by atoms with Crippen LogP contribution in [0.3, 0.4) is 0 Å². The summed E-state index contributed by atoms with van der Waals surface area (Å²) >= 11 is 0. The van der Waals surface area contributed by atoms with Crippen molar-refractivity contribution >= 4 is 22.8 Å². The Morgan fingerprint density at radius 1 is 1.48 bits per heavy atom. The van der Waals surface area contributed by atoms with Crippen molar-refractivity contribution in [1.29, 1.82) is 0 Å². The molecule has 2 fully saturated rings. The van der Waals surface area contributed by atoms with Crippen molar-refractivity contribution in [3.63, 3.8) is 0 Å². The zero-order valence-corrected chi connectivity index (χ0v) is 15.2. The van der Waals surface area contributed by atoms with E-state index < -0.39 is 11.8 Å². The Balaban J connectivity index is 1.56. The third-order valence-electron chi connectivity index (χ3n) is 5.65. The summed E-state index contributed by atoms with van der Waals surface area (Å²) in [5.74, 6) is -2.62. The van der Waals surface area contributed by atoms with Crippen LogP contribution in [0.15, 0.2) is 25.2 Å². The van der Waals surface area contributed by atoms with Gasteiger partial charge in [0, 0.05) is 37.2 Å². The fourth-order valence-corrected chi connectivity index (χ4v) is 3.90. The van der Waals surface area contributed by atoms with Crippen LogP contribution in [0.4, 0.5) is 14.6 Å². The Morgan fingerprint density at radius 2 is 2.26 bits per heavy atom. The Labute approximate surface area is 156 Å². The number of H-pyrrole nitrogens is 1. The molecule has 27 heavy (non-hydrogen) atoms. The molecule has 6 nitrogen and oxygen atoms in total. The summed E-state index contributed by atoms with van der Waals surface area (Å²) in [7, 11) is 0. The number of aromatic nitrogens is 3. The molecule has 0 radical (unpaired) electrons. The van der Waals surface area contributed by atoms with Crippen LogP contribution in [0, 0.1) is 5.92 Å². The average Bonchev–Trinajstić information content (AvgIpc) is 3.04. The first kappa shape index (κ1) is 17.9. The number of carbonyl (C=O) groups is 1. The number of likely N-dealkylation sites (tertiary alicyclic amines) is 1. The molecule has 1 saturated heterocycles. The summed E-state index contributed by atoms with van der Waals surface area (Å²) < 4.78 is 26.7. The Morgan fingerprint density at radius 3 is 2.96 bits per heavy atom. The molecule has 0 spiro atoms. The number of rotatable bonds is 5. The fourth-order valence-electron chi connectivity index (χ4n) is 3.90. The number of amides is 1. The minimum absolute atomic E-state index is 0.0355. The lowest BCUT2D eigenvalue weighted by atomic mass is 9.99. The van der Waals surface area contributed by atoms with Crippen LogP contribution in [-0.2, 0) is 11.2 Å². The number of halogens is 2. The maximum absolute atomic E-state index is 13.3. The second-order valence-electron chi connectivity index (χ2n) is 7.59. The molecule has 3 heterocycles. The van der Waals surface area contributed by atoms with Crippen LogP contribution < -0.4 is 5.32 Å². The first-order valence-electron chi connectivity index (χ1n) is 9.27. The van der Waals surface area contributed by atoms with Gasteiger partial charge in [-0.2, -0.15) is 0 Å². The summed E-state index contributed by atoms with van der Waals surface area (Å²) in [6, 6.07) is 0.201. The molecule has 3 atom stereocenters. The molecule has 0 unspecified atom stereocenters. The molecule has 0 aromatic carbocycles. The van der Waals surface area contributed by atoms with Crippen LogP contribution >= 0.6 is 0 Å². The quantitative estimate of drug-likeness (QED) is 0.788. The highest BCUT2D eigenvalue weighted by Gasteiger charge is 2.56. The van der Waals surface area contributed by atoms with E-state index in [1.54, 1.807) is 11.1 Å². The second-order valence-corrected chi connectivity index (χ2v) is 7.59. The van der Waals surface area contributed by atoms with Crippen molar-refractivity contribution in [3.05, 3.63) is 30.7 Å². The molecule has 4 rings (SSSR count). The Bertz CT molecular complexity index is 880. The molecule has 2 N–H and O–H groups in total. The number of nitrogens with one attached hydrogen (secondary N) is 2. The SMILES string of the molecule is C=CC(=O)N1C[C@H](Nc2ncnc3[nH]cc(C[C@H]4CC4(F)F)c23)CC[C@@H]1C. The van der Waals surface area contributed by atoms with Crippen molar-refractivity contribution < 1.29 is 13.6 Å². The molecule has 2 aliphatic rings. The van der Waals surface area contributed by atoms with E-state index in [1.165, 1.54) is 12.4 Å². The number of piperidine rings is 1. The minimum atomic E-state index is -2.56. The van der Waals surface area contributed by atoms with Gasteiger partial charge in [-0.25, -0.2) is 18.7 Å². The number of hydrogen-bond donors (Lipinski definition) is 2. The first-order chi connectivity index (χ1) is 12.9. The first-order valence-corrected chi connectivity index (χ1v) is 9.27. The minimum Gasteiger partial charge on any atom is -0.365 e. The van der Waals surface area contributed by atoms with Crippen molar-refractivity contribution in [2.45, 2.75) is 50.6 Å². The van der Waals surface area contributed by atoms with Gasteiger partial charge in [0.25, 0.3) is 5.92 Å². The fraction of sp³-hybridized carbons (Fsp3) is 0.526. The van der Waals surface area contributed by atoms with Crippen LogP contribution in [0.2, 0.25) is 0 Å². The predicted octanol–water partition coefficient (Wildman–Crippen LogP) is 3.13. The molecule has 144 valence electrons. The van der Waals surface area contributed by atoms with Crippen molar-refractivity contribution in [1.82, 2.24) is 19.9 Å². The summed E-state index contributed by atoms with van der Waals surface area (Å²) in [6.07, 6.45) is 6.55. The number of alkyl halides is 2. The number of hydrogen-bond acceptors (Lipinski definition) is 4. The summed E-state index contributed by atoms with van der Waals surface area (Å²) in [5, 5.41) is 4.17. The summed E-state index contributed by atoms with van der Waals surface area (Å²) in [6.45, 7) is 6.15. The lowest BCUT2D eigenvalue weighted by molar-refractivity contribution is -0.129. The van der Waals surface area contributed by atoms with E-state index in [0.717, 1.165) is 23.8 Å². The van der Waals surface area contributed by atoms with Gasteiger partial charge in [-0.1, -0.05) is 6.58 Å². The molecule has 1 aliphatic carbocycles. The second kappa shape index (κ2) is 6.58. The highest BCUT2D eigenvalue weighted by Crippen LogP contribution is 2.51. The van der Waals surface area contributed by atoms with E-state index in [4.69, 9.17) is 0 Å². The maximum Gasteiger partial charge on any atom is 0.251 e. The topological polar surface area (TPSA) is 73.9 Å². The molecule has 2 aromatic rings. The van der Waals surface area contributed by atoms with Gasteiger partial charge in [0.15, 0.2) is 0 Å². The van der Waals surface area contributed by atoms with Gasteiger partial charge in [-0.05, 0) is 37.8 Å². The van der Waals surface area contributed by atoms with Crippen LogP contribution in [0.1, 0.15) is 31.7 Å². The largest absolute Gasteiger partial charge is 0.365 e. The predicted molar refractivity (Wildman–Crippen MR) is 98.7 cm³/mol.